The molecule has 4 heteroatoms. The lowest BCUT2D eigenvalue weighted by molar-refractivity contribution is -0.121. The maximum atomic E-state index is 12.6. The van der Waals surface area contributed by atoms with E-state index in [-0.39, 0.29) is 11.9 Å². The summed E-state index contributed by atoms with van der Waals surface area (Å²) in [6.07, 6.45) is 0.461. The van der Waals surface area contributed by atoms with E-state index in [0.29, 0.717) is 6.42 Å². The van der Waals surface area contributed by atoms with Crippen molar-refractivity contribution in [2.75, 3.05) is 5.75 Å². The molecule has 0 heterocycles. The number of aryl methyl sites for hydroxylation is 1. The first kappa shape index (κ1) is 19.5. The monoisotopic (exact) mass is 395 g/mol. The Hall–Kier alpha value is -2.23. The van der Waals surface area contributed by atoms with E-state index in [4.69, 9.17) is 11.6 Å². The molecule has 0 saturated carbocycles. The van der Waals surface area contributed by atoms with Crippen molar-refractivity contribution in [2.45, 2.75) is 24.3 Å². The van der Waals surface area contributed by atoms with E-state index in [2.05, 4.69) is 36.5 Å². The van der Waals surface area contributed by atoms with Crippen LogP contribution >= 0.6 is 23.4 Å². The predicted molar refractivity (Wildman–Crippen MR) is 114 cm³/mol. The number of hydrogen-bond donors (Lipinski definition) is 1. The smallest absolute Gasteiger partial charge is 0.221 e. The third-order valence-electron chi connectivity index (χ3n) is 4.26. The molecular weight excluding hydrogens is 374 g/mol. The van der Waals surface area contributed by atoms with Crippen LogP contribution in [0.2, 0.25) is 5.02 Å². The number of halogens is 1. The number of amides is 1. The molecule has 1 N–H and O–H groups in total. The van der Waals surface area contributed by atoms with Gasteiger partial charge in [-0.15, -0.1) is 11.8 Å². The van der Waals surface area contributed by atoms with Crippen LogP contribution in [-0.4, -0.2) is 11.7 Å². The summed E-state index contributed by atoms with van der Waals surface area (Å²) in [5.41, 5.74) is 3.38. The fourth-order valence-corrected chi connectivity index (χ4v) is 3.77. The van der Waals surface area contributed by atoms with E-state index in [1.165, 1.54) is 5.56 Å². The van der Waals surface area contributed by atoms with Crippen LogP contribution in [0.4, 0.5) is 0 Å². The second-order valence-corrected chi connectivity index (χ2v) is 7.98. The van der Waals surface area contributed by atoms with Crippen molar-refractivity contribution in [1.29, 1.82) is 0 Å². The second kappa shape index (κ2) is 9.63. The van der Waals surface area contributed by atoms with Gasteiger partial charge >= 0.3 is 0 Å². The standard InChI is InChI=1S/C23H22ClNOS/c1-17-7-9-19(10-8-17)23(18-5-3-2-4-6-18)25-22(26)15-16-27-21-13-11-20(24)12-14-21/h2-14,23H,15-16H2,1H3,(H,25,26)/t23-/m1/s1. The Balaban J connectivity index is 1.63. The van der Waals surface area contributed by atoms with Crippen LogP contribution in [0.5, 0.6) is 0 Å². The van der Waals surface area contributed by atoms with Gasteiger partial charge in [-0.25, -0.2) is 0 Å². The van der Waals surface area contributed by atoms with Gasteiger partial charge in [-0.3, -0.25) is 4.79 Å². The highest BCUT2D eigenvalue weighted by atomic mass is 35.5. The summed E-state index contributed by atoms with van der Waals surface area (Å²) in [4.78, 5) is 13.7. The molecule has 0 saturated heterocycles. The average Bonchev–Trinajstić information content (AvgIpc) is 2.69. The summed E-state index contributed by atoms with van der Waals surface area (Å²) in [6.45, 7) is 2.06. The minimum atomic E-state index is -0.139. The van der Waals surface area contributed by atoms with Crippen molar-refractivity contribution >= 4 is 29.3 Å². The number of nitrogens with one attached hydrogen (secondary N) is 1. The Morgan fingerprint density at radius 3 is 2.22 bits per heavy atom. The highest BCUT2D eigenvalue weighted by molar-refractivity contribution is 7.99. The lowest BCUT2D eigenvalue weighted by atomic mass is 9.97. The lowest BCUT2D eigenvalue weighted by Gasteiger charge is -2.20. The van der Waals surface area contributed by atoms with Gasteiger partial charge in [-0.1, -0.05) is 71.8 Å². The van der Waals surface area contributed by atoms with Crippen molar-refractivity contribution in [3.8, 4) is 0 Å². The molecule has 27 heavy (non-hydrogen) atoms. The summed E-state index contributed by atoms with van der Waals surface area (Å²) in [7, 11) is 0. The zero-order chi connectivity index (χ0) is 19.1. The maximum Gasteiger partial charge on any atom is 0.221 e. The molecule has 3 aromatic rings. The highest BCUT2D eigenvalue weighted by Gasteiger charge is 2.16. The molecule has 0 aromatic heterocycles. The fourth-order valence-electron chi connectivity index (χ4n) is 2.79. The molecule has 0 radical (unpaired) electrons. The van der Waals surface area contributed by atoms with E-state index >= 15 is 0 Å². The van der Waals surface area contributed by atoms with Crippen molar-refractivity contribution in [2.24, 2.45) is 0 Å². The van der Waals surface area contributed by atoms with Gasteiger partial charge in [0.05, 0.1) is 6.04 Å². The second-order valence-electron chi connectivity index (χ2n) is 6.37. The van der Waals surface area contributed by atoms with Crippen LogP contribution in [0.1, 0.15) is 29.2 Å². The van der Waals surface area contributed by atoms with E-state index in [1.807, 2.05) is 54.6 Å². The SMILES string of the molecule is Cc1ccc([C@H](NC(=O)CCSc2ccc(Cl)cc2)c2ccccc2)cc1. The molecule has 0 aliphatic heterocycles. The van der Waals surface area contributed by atoms with Crippen LogP contribution in [0.3, 0.4) is 0 Å². The summed E-state index contributed by atoms with van der Waals surface area (Å²) in [6, 6.07) is 25.9. The molecule has 0 aliphatic carbocycles. The minimum Gasteiger partial charge on any atom is -0.345 e. The number of carbonyl (C=O) groups is 1. The number of benzene rings is 3. The number of carbonyl (C=O) groups excluding carboxylic acids is 1. The van der Waals surface area contributed by atoms with Gasteiger partial charge in [0, 0.05) is 22.1 Å². The van der Waals surface area contributed by atoms with Gasteiger partial charge in [0.15, 0.2) is 0 Å². The summed E-state index contributed by atoms with van der Waals surface area (Å²) in [5.74, 6) is 0.772. The van der Waals surface area contributed by atoms with Crippen molar-refractivity contribution in [3.05, 3.63) is 101 Å². The molecular formula is C23H22ClNOS. The van der Waals surface area contributed by atoms with Crippen molar-refractivity contribution < 1.29 is 4.79 Å². The third kappa shape index (κ3) is 5.88. The summed E-state index contributed by atoms with van der Waals surface area (Å²) < 4.78 is 0. The van der Waals surface area contributed by atoms with Crippen LogP contribution in [0, 0.1) is 6.92 Å². The molecule has 0 aliphatic rings. The number of rotatable bonds is 7. The summed E-state index contributed by atoms with van der Waals surface area (Å²) >= 11 is 7.56. The fraction of sp³-hybridized carbons (Fsp3) is 0.174. The van der Waals surface area contributed by atoms with Gasteiger partial charge in [0.1, 0.15) is 0 Å². The topological polar surface area (TPSA) is 29.1 Å². The van der Waals surface area contributed by atoms with E-state index < -0.39 is 0 Å². The molecule has 3 rings (SSSR count). The molecule has 0 bridgehead atoms. The van der Waals surface area contributed by atoms with Gasteiger partial charge < -0.3 is 5.32 Å². The highest BCUT2D eigenvalue weighted by Crippen LogP contribution is 2.24. The molecule has 0 unspecified atom stereocenters. The molecule has 2 nitrogen and oxygen atoms in total. The molecule has 3 aromatic carbocycles. The van der Waals surface area contributed by atoms with Gasteiger partial charge in [0.2, 0.25) is 5.91 Å². The van der Waals surface area contributed by atoms with Crippen LogP contribution in [-0.2, 0) is 4.79 Å². The van der Waals surface area contributed by atoms with Gasteiger partial charge in [0.25, 0.3) is 0 Å². The predicted octanol–water partition coefficient (Wildman–Crippen LogP) is 6.04. The van der Waals surface area contributed by atoms with Crippen molar-refractivity contribution in [1.82, 2.24) is 5.32 Å². The Bertz CT molecular complexity index is 863. The van der Waals surface area contributed by atoms with Crippen molar-refractivity contribution in [3.63, 3.8) is 0 Å². The van der Waals surface area contributed by atoms with Crippen LogP contribution in [0.25, 0.3) is 0 Å². The largest absolute Gasteiger partial charge is 0.345 e. The first-order valence-corrected chi connectivity index (χ1v) is 10.3. The van der Waals surface area contributed by atoms with E-state index in [9.17, 15) is 4.79 Å². The van der Waals surface area contributed by atoms with Gasteiger partial charge in [-0.05, 0) is 42.3 Å². The Labute approximate surface area is 170 Å². The zero-order valence-electron chi connectivity index (χ0n) is 15.2. The first-order chi connectivity index (χ1) is 13.1. The number of thioether (sulfide) groups is 1. The molecule has 1 atom stereocenters. The van der Waals surface area contributed by atoms with Gasteiger partial charge in [-0.2, -0.15) is 0 Å². The minimum absolute atomic E-state index is 0.0471. The van der Waals surface area contributed by atoms with Crippen LogP contribution in [0.15, 0.2) is 83.8 Å². The Morgan fingerprint density at radius 2 is 1.56 bits per heavy atom. The normalized spacial score (nSPS) is 11.8. The zero-order valence-corrected chi connectivity index (χ0v) is 16.8. The van der Waals surface area contributed by atoms with E-state index in [0.717, 1.165) is 26.8 Å². The molecule has 1 amide bonds. The Kier molecular flexibility index (Phi) is 6.97. The van der Waals surface area contributed by atoms with Crippen LogP contribution < -0.4 is 5.32 Å². The lowest BCUT2D eigenvalue weighted by Crippen LogP contribution is -2.29. The maximum absolute atomic E-state index is 12.6. The molecule has 138 valence electrons. The Morgan fingerprint density at radius 1 is 0.926 bits per heavy atom. The number of hydrogen-bond acceptors (Lipinski definition) is 2. The third-order valence-corrected chi connectivity index (χ3v) is 5.53. The summed E-state index contributed by atoms with van der Waals surface area (Å²) in [5, 5.41) is 3.91. The molecule has 0 spiro atoms. The average molecular weight is 396 g/mol. The quantitative estimate of drug-likeness (QED) is 0.494. The first-order valence-electron chi connectivity index (χ1n) is 8.91. The molecule has 0 fully saturated rings. The van der Waals surface area contributed by atoms with E-state index in [1.54, 1.807) is 11.8 Å².